The van der Waals surface area contributed by atoms with Crippen LogP contribution >= 0.6 is 0 Å². The molecule has 0 aliphatic rings. The Morgan fingerprint density at radius 2 is 2.42 bits per heavy atom. The average Bonchev–Trinajstić information content (AvgIpc) is 2.50. The lowest BCUT2D eigenvalue weighted by Crippen LogP contribution is -1.95. The molecule has 0 bridgehead atoms. The Morgan fingerprint density at radius 3 is 3.17 bits per heavy atom. The molecule has 0 unspecified atom stereocenters. The molecule has 0 saturated carbocycles. The van der Waals surface area contributed by atoms with Gasteiger partial charge in [0.2, 0.25) is 0 Å². The van der Waals surface area contributed by atoms with Crippen LogP contribution in [0.15, 0.2) is 6.07 Å². The highest BCUT2D eigenvalue weighted by Crippen LogP contribution is 2.19. The molecule has 0 aromatic carbocycles. The summed E-state index contributed by atoms with van der Waals surface area (Å²) < 4.78 is 0. The summed E-state index contributed by atoms with van der Waals surface area (Å²) in [4.78, 5) is 4.00. The van der Waals surface area contributed by atoms with Gasteiger partial charge in [0.1, 0.15) is 5.82 Å². The largest absolute Gasteiger partial charge is 0.386 e. The second-order valence-electron chi connectivity index (χ2n) is 2.35. The van der Waals surface area contributed by atoms with E-state index in [9.17, 15) is 0 Å². The third-order valence-electron chi connectivity index (χ3n) is 1.59. The summed E-state index contributed by atoms with van der Waals surface area (Å²) in [6.07, 6.45) is 0. The number of hydrogen-bond donors (Lipinski definition) is 3. The number of aromatic amines is 1. The van der Waals surface area contributed by atoms with Crippen molar-refractivity contribution in [3.8, 4) is 0 Å². The summed E-state index contributed by atoms with van der Waals surface area (Å²) in [5.41, 5.74) is 7.66. The number of nitrogens with two attached hydrogens (primary N) is 1. The maximum Gasteiger partial charge on any atom is 0.180 e. The highest BCUT2D eigenvalue weighted by Gasteiger charge is 2.05. The van der Waals surface area contributed by atoms with E-state index in [2.05, 4.69) is 25.7 Å². The van der Waals surface area contributed by atoms with Crippen molar-refractivity contribution < 1.29 is 0 Å². The molecule has 2 aromatic rings. The number of pyridine rings is 1. The molecule has 0 atom stereocenters. The van der Waals surface area contributed by atoms with Crippen molar-refractivity contribution in [2.45, 2.75) is 0 Å². The number of H-pyrrole nitrogens is 1. The van der Waals surface area contributed by atoms with Gasteiger partial charge in [0.25, 0.3) is 0 Å². The normalized spacial score (nSPS) is 10.4. The molecule has 0 amide bonds. The van der Waals surface area contributed by atoms with E-state index in [0.29, 0.717) is 17.0 Å². The number of nitrogens with one attached hydrogen (secondary N) is 2. The van der Waals surface area contributed by atoms with Gasteiger partial charge in [0.05, 0.1) is 5.69 Å². The molecule has 12 heavy (non-hydrogen) atoms. The van der Waals surface area contributed by atoms with Crippen molar-refractivity contribution in [2.75, 3.05) is 18.1 Å². The zero-order valence-electron chi connectivity index (χ0n) is 6.50. The molecule has 0 spiro atoms. The van der Waals surface area contributed by atoms with Crippen LogP contribution in [-0.2, 0) is 0 Å². The van der Waals surface area contributed by atoms with Gasteiger partial charge in [0, 0.05) is 13.1 Å². The minimum atomic E-state index is 0.443. The van der Waals surface area contributed by atoms with E-state index in [0.717, 1.165) is 5.69 Å². The van der Waals surface area contributed by atoms with Gasteiger partial charge in [-0.1, -0.05) is 5.21 Å². The predicted molar refractivity (Wildman–Crippen MR) is 45.6 cm³/mol. The van der Waals surface area contributed by atoms with Gasteiger partial charge in [-0.15, -0.1) is 5.10 Å². The van der Waals surface area contributed by atoms with Crippen LogP contribution in [0.1, 0.15) is 0 Å². The summed E-state index contributed by atoms with van der Waals surface area (Å²) >= 11 is 0. The number of fused-ring (bicyclic) bond motifs is 1. The Labute approximate surface area is 68.2 Å². The second kappa shape index (κ2) is 2.33. The molecule has 0 radical (unpaired) electrons. The number of nitrogens with zero attached hydrogens (tertiary/aromatic N) is 3. The van der Waals surface area contributed by atoms with Crippen LogP contribution in [-0.4, -0.2) is 27.4 Å². The van der Waals surface area contributed by atoms with E-state index in [1.165, 1.54) is 0 Å². The number of nitrogen functional groups attached to an aromatic ring is 1. The molecule has 0 saturated heterocycles. The van der Waals surface area contributed by atoms with Gasteiger partial charge in [-0.3, -0.25) is 0 Å². The van der Waals surface area contributed by atoms with Gasteiger partial charge < -0.3 is 11.1 Å². The van der Waals surface area contributed by atoms with Crippen LogP contribution in [0.4, 0.5) is 11.5 Å². The Morgan fingerprint density at radius 1 is 1.58 bits per heavy atom. The number of hydrogen-bond acceptors (Lipinski definition) is 5. The first-order valence-corrected chi connectivity index (χ1v) is 3.46. The maximum atomic E-state index is 5.53. The highest BCUT2D eigenvalue weighted by atomic mass is 15.3. The quantitative estimate of drug-likeness (QED) is 0.550. The zero-order chi connectivity index (χ0) is 8.55. The molecule has 0 aliphatic heterocycles. The van der Waals surface area contributed by atoms with Gasteiger partial charge >= 0.3 is 0 Å². The van der Waals surface area contributed by atoms with Crippen molar-refractivity contribution in [1.82, 2.24) is 20.4 Å². The second-order valence-corrected chi connectivity index (χ2v) is 2.35. The van der Waals surface area contributed by atoms with Crippen molar-refractivity contribution >= 4 is 22.7 Å². The number of rotatable bonds is 1. The molecule has 6 nitrogen and oxygen atoms in total. The minimum Gasteiger partial charge on any atom is -0.386 e. The van der Waals surface area contributed by atoms with E-state index in [4.69, 9.17) is 5.73 Å². The lowest BCUT2D eigenvalue weighted by atomic mass is 10.3. The molecule has 0 fully saturated rings. The summed E-state index contributed by atoms with van der Waals surface area (Å²) in [5.74, 6) is 0.443. The molecule has 0 aliphatic carbocycles. The van der Waals surface area contributed by atoms with Crippen LogP contribution in [0.25, 0.3) is 11.2 Å². The Balaban J connectivity index is 2.80. The van der Waals surface area contributed by atoms with Crippen LogP contribution in [0.2, 0.25) is 0 Å². The van der Waals surface area contributed by atoms with Gasteiger partial charge in [-0.25, -0.2) is 10.1 Å². The summed E-state index contributed by atoms with van der Waals surface area (Å²) in [5, 5.41) is 13.1. The molecule has 2 rings (SSSR count). The van der Waals surface area contributed by atoms with Crippen LogP contribution < -0.4 is 11.1 Å². The Hall–Kier alpha value is -1.85. The molecule has 6 heteroatoms. The standard InChI is InChI=1S/C6H8N6/c1-8-3-2-4(7)9-6-5(3)10-12-11-6/h2H,1H3,(H4,7,8,9,10,11,12). The first-order chi connectivity index (χ1) is 5.81. The number of anilines is 2. The van der Waals surface area contributed by atoms with E-state index in [-0.39, 0.29) is 0 Å². The third-order valence-corrected chi connectivity index (χ3v) is 1.59. The fraction of sp³-hybridized carbons (Fsp3) is 0.167. The van der Waals surface area contributed by atoms with Crippen LogP contribution in [0.3, 0.4) is 0 Å². The Bertz CT molecular complexity index is 405. The predicted octanol–water partition coefficient (Wildman–Crippen LogP) is -0.0232. The van der Waals surface area contributed by atoms with E-state index in [1.807, 2.05) is 0 Å². The fourth-order valence-electron chi connectivity index (χ4n) is 1.05. The third kappa shape index (κ3) is 0.849. The first kappa shape index (κ1) is 6.84. The van der Waals surface area contributed by atoms with Crippen LogP contribution in [0.5, 0.6) is 0 Å². The van der Waals surface area contributed by atoms with Crippen LogP contribution in [0, 0.1) is 0 Å². The SMILES string of the molecule is CNc1cc(N)nc2[nH]nnc12. The van der Waals surface area contributed by atoms with E-state index < -0.39 is 0 Å². The number of aromatic nitrogens is 4. The zero-order valence-corrected chi connectivity index (χ0v) is 6.50. The molecule has 4 N–H and O–H groups in total. The van der Waals surface area contributed by atoms with Crippen molar-refractivity contribution in [1.29, 1.82) is 0 Å². The smallest absolute Gasteiger partial charge is 0.180 e. The first-order valence-electron chi connectivity index (χ1n) is 3.46. The molecule has 2 heterocycles. The van der Waals surface area contributed by atoms with E-state index in [1.54, 1.807) is 13.1 Å². The Kier molecular flexibility index (Phi) is 1.33. The topological polar surface area (TPSA) is 92.5 Å². The average molecular weight is 164 g/mol. The van der Waals surface area contributed by atoms with Gasteiger partial charge in [-0.2, -0.15) is 0 Å². The molecule has 2 aromatic heterocycles. The monoisotopic (exact) mass is 164 g/mol. The molecular formula is C6H8N6. The van der Waals surface area contributed by atoms with Gasteiger partial charge in [0.15, 0.2) is 11.2 Å². The summed E-state index contributed by atoms with van der Waals surface area (Å²) in [6.45, 7) is 0. The fourth-order valence-corrected chi connectivity index (χ4v) is 1.05. The van der Waals surface area contributed by atoms with E-state index >= 15 is 0 Å². The minimum absolute atomic E-state index is 0.443. The highest BCUT2D eigenvalue weighted by molar-refractivity contribution is 5.86. The van der Waals surface area contributed by atoms with Crippen molar-refractivity contribution in [2.24, 2.45) is 0 Å². The van der Waals surface area contributed by atoms with Crippen molar-refractivity contribution in [3.63, 3.8) is 0 Å². The summed E-state index contributed by atoms with van der Waals surface area (Å²) in [6, 6.07) is 1.71. The van der Waals surface area contributed by atoms with Crippen molar-refractivity contribution in [3.05, 3.63) is 6.07 Å². The lowest BCUT2D eigenvalue weighted by molar-refractivity contribution is 0.955. The lowest BCUT2D eigenvalue weighted by Gasteiger charge is -1.99. The maximum absolute atomic E-state index is 5.53. The molecular weight excluding hydrogens is 156 g/mol. The summed E-state index contributed by atoms with van der Waals surface area (Å²) in [7, 11) is 1.79. The molecule has 62 valence electrons. The van der Waals surface area contributed by atoms with Gasteiger partial charge in [-0.05, 0) is 0 Å².